The van der Waals surface area contributed by atoms with Crippen molar-refractivity contribution in [2.45, 2.75) is 6.42 Å². The molecule has 3 rings (SSSR count). The largest absolute Gasteiger partial charge is 0.497 e. The minimum absolute atomic E-state index is 0.269. The summed E-state index contributed by atoms with van der Waals surface area (Å²) in [5, 5.41) is 9.24. The van der Waals surface area contributed by atoms with Gasteiger partial charge in [-0.05, 0) is 36.2 Å². The lowest BCUT2D eigenvalue weighted by Crippen LogP contribution is -2.13. The van der Waals surface area contributed by atoms with Gasteiger partial charge >= 0.3 is 0 Å². The highest BCUT2D eigenvalue weighted by Crippen LogP contribution is 2.58. The van der Waals surface area contributed by atoms with Gasteiger partial charge in [-0.1, -0.05) is 0 Å². The number of ether oxygens (including phenoxy) is 1. The Hall–Kier alpha value is -1.82. The number of nitrogens with zero attached hydrogens (tertiary/aromatic N) is 2. The first kappa shape index (κ1) is 9.41. The number of rotatable bonds is 2. The van der Waals surface area contributed by atoms with E-state index in [2.05, 4.69) is 11.1 Å². The lowest BCUT2D eigenvalue weighted by atomic mass is 9.94. The molecule has 3 heteroatoms. The Morgan fingerprint density at radius 1 is 1.44 bits per heavy atom. The Morgan fingerprint density at radius 3 is 2.75 bits per heavy atom. The van der Waals surface area contributed by atoms with Crippen molar-refractivity contribution in [3.05, 3.63) is 29.8 Å². The molecule has 0 unspecified atom stereocenters. The molecule has 1 heterocycles. The Morgan fingerprint density at radius 2 is 2.19 bits per heavy atom. The van der Waals surface area contributed by atoms with E-state index >= 15 is 0 Å². The lowest BCUT2D eigenvalue weighted by molar-refractivity contribution is 0.415. The van der Waals surface area contributed by atoms with Crippen molar-refractivity contribution in [1.29, 1.82) is 5.26 Å². The van der Waals surface area contributed by atoms with Crippen molar-refractivity contribution < 1.29 is 4.74 Å². The molecular formula is C13H12N2O. The molecule has 1 aliphatic carbocycles. The summed E-state index contributed by atoms with van der Waals surface area (Å²) in [7, 11) is 1.65. The van der Waals surface area contributed by atoms with E-state index in [0.29, 0.717) is 5.92 Å². The standard InChI is InChI=1S/C13H12N2O/c1-16-11-4-2-9(3-5-11)12-13(8-14)6-10(13)7-15-12/h2-5,10H,6-7H2,1H3/t10-,13+/m0/s1. The minimum atomic E-state index is -0.269. The topological polar surface area (TPSA) is 45.4 Å². The summed E-state index contributed by atoms with van der Waals surface area (Å²) in [6.45, 7) is 0.814. The van der Waals surface area contributed by atoms with Crippen molar-refractivity contribution in [3.8, 4) is 11.8 Å². The molecule has 0 N–H and O–H groups in total. The van der Waals surface area contributed by atoms with Crippen LogP contribution in [0, 0.1) is 22.7 Å². The van der Waals surface area contributed by atoms with Gasteiger partial charge in [0.05, 0.1) is 18.9 Å². The first-order valence-corrected chi connectivity index (χ1v) is 5.41. The Bertz CT molecular complexity index is 498. The summed E-state index contributed by atoms with van der Waals surface area (Å²) in [6.07, 6.45) is 0.981. The maximum absolute atomic E-state index is 9.24. The first-order valence-electron chi connectivity index (χ1n) is 5.41. The molecule has 1 aromatic rings. The number of aliphatic imine (C=N–C) groups is 1. The second kappa shape index (κ2) is 3.08. The molecule has 0 radical (unpaired) electrons. The molecule has 0 spiro atoms. The smallest absolute Gasteiger partial charge is 0.118 e. The number of nitriles is 1. The van der Waals surface area contributed by atoms with Crippen LogP contribution in [0.4, 0.5) is 0 Å². The zero-order chi connectivity index (χ0) is 11.2. The first-order chi connectivity index (χ1) is 7.80. The van der Waals surface area contributed by atoms with E-state index in [-0.39, 0.29) is 5.41 Å². The van der Waals surface area contributed by atoms with Crippen molar-refractivity contribution in [3.63, 3.8) is 0 Å². The van der Waals surface area contributed by atoms with Gasteiger partial charge in [-0.15, -0.1) is 0 Å². The van der Waals surface area contributed by atoms with E-state index in [9.17, 15) is 5.26 Å². The molecule has 0 aromatic heterocycles. The van der Waals surface area contributed by atoms with E-state index in [0.717, 1.165) is 30.0 Å². The van der Waals surface area contributed by atoms with Gasteiger partial charge in [0.15, 0.2) is 0 Å². The van der Waals surface area contributed by atoms with Gasteiger partial charge in [0, 0.05) is 12.5 Å². The number of hydrogen-bond acceptors (Lipinski definition) is 3. The normalized spacial score (nSPS) is 30.2. The molecule has 2 atom stereocenters. The molecule has 1 aromatic carbocycles. The number of methoxy groups -OCH3 is 1. The van der Waals surface area contributed by atoms with Gasteiger partial charge in [-0.2, -0.15) is 5.26 Å². The van der Waals surface area contributed by atoms with E-state index in [1.807, 2.05) is 24.3 Å². The molecule has 0 saturated heterocycles. The third-order valence-electron chi connectivity index (χ3n) is 3.56. The molecule has 2 aliphatic rings. The summed E-state index contributed by atoms with van der Waals surface area (Å²) in [4.78, 5) is 4.49. The van der Waals surface area contributed by atoms with Gasteiger partial charge in [0.25, 0.3) is 0 Å². The number of hydrogen-bond donors (Lipinski definition) is 0. The van der Waals surface area contributed by atoms with Crippen LogP contribution in [-0.4, -0.2) is 19.4 Å². The third-order valence-corrected chi connectivity index (χ3v) is 3.56. The van der Waals surface area contributed by atoms with Gasteiger partial charge < -0.3 is 4.74 Å². The summed E-state index contributed by atoms with van der Waals surface area (Å²) in [5.41, 5.74) is 1.76. The van der Waals surface area contributed by atoms with Gasteiger partial charge in [-0.25, -0.2) is 0 Å². The quantitative estimate of drug-likeness (QED) is 0.753. The van der Waals surface area contributed by atoms with Crippen molar-refractivity contribution >= 4 is 5.71 Å². The molecule has 1 saturated carbocycles. The summed E-state index contributed by atoms with van der Waals surface area (Å²) in [6, 6.07) is 10.2. The van der Waals surface area contributed by atoms with E-state index in [1.165, 1.54) is 0 Å². The summed E-state index contributed by atoms with van der Waals surface area (Å²) < 4.78 is 5.12. The predicted octanol–water partition coefficient (Wildman–Crippen LogP) is 2.03. The Labute approximate surface area is 94.4 Å². The Balaban J connectivity index is 1.96. The van der Waals surface area contributed by atoms with Crippen LogP contribution in [0.15, 0.2) is 29.3 Å². The van der Waals surface area contributed by atoms with Gasteiger partial charge in [-0.3, -0.25) is 4.99 Å². The van der Waals surface area contributed by atoms with Gasteiger partial charge in [0.2, 0.25) is 0 Å². The van der Waals surface area contributed by atoms with Crippen molar-refractivity contribution in [2.24, 2.45) is 16.3 Å². The molecule has 80 valence electrons. The average molecular weight is 212 g/mol. The zero-order valence-electron chi connectivity index (χ0n) is 9.10. The van der Waals surface area contributed by atoms with Gasteiger partial charge in [0.1, 0.15) is 11.2 Å². The highest BCUT2D eigenvalue weighted by atomic mass is 16.5. The summed E-state index contributed by atoms with van der Waals surface area (Å²) >= 11 is 0. The monoisotopic (exact) mass is 212 g/mol. The molecule has 0 bridgehead atoms. The van der Waals surface area contributed by atoms with Crippen LogP contribution in [0.25, 0.3) is 0 Å². The fourth-order valence-corrected chi connectivity index (χ4v) is 2.47. The van der Waals surface area contributed by atoms with Crippen LogP contribution in [0.1, 0.15) is 12.0 Å². The highest BCUT2D eigenvalue weighted by Gasteiger charge is 2.61. The third kappa shape index (κ3) is 1.10. The van der Waals surface area contributed by atoms with Crippen LogP contribution in [0.5, 0.6) is 5.75 Å². The maximum atomic E-state index is 9.24. The van der Waals surface area contributed by atoms with E-state index in [4.69, 9.17) is 4.74 Å². The van der Waals surface area contributed by atoms with E-state index in [1.54, 1.807) is 7.11 Å². The molecule has 3 nitrogen and oxygen atoms in total. The molecular weight excluding hydrogens is 200 g/mol. The van der Waals surface area contributed by atoms with Crippen LogP contribution in [0.3, 0.4) is 0 Å². The zero-order valence-corrected chi connectivity index (χ0v) is 9.10. The minimum Gasteiger partial charge on any atom is -0.497 e. The molecule has 1 fully saturated rings. The molecule has 0 amide bonds. The fourth-order valence-electron chi connectivity index (χ4n) is 2.47. The predicted molar refractivity (Wildman–Crippen MR) is 60.6 cm³/mol. The second-order valence-corrected chi connectivity index (χ2v) is 4.40. The highest BCUT2D eigenvalue weighted by molar-refractivity contribution is 6.10. The SMILES string of the molecule is COc1ccc(C2=NC[C@@H]3C[C@]23C#N)cc1. The van der Waals surface area contributed by atoms with Crippen molar-refractivity contribution in [1.82, 2.24) is 0 Å². The van der Waals surface area contributed by atoms with Crippen LogP contribution in [-0.2, 0) is 0 Å². The second-order valence-electron chi connectivity index (χ2n) is 4.40. The number of fused-ring (bicyclic) bond motifs is 1. The maximum Gasteiger partial charge on any atom is 0.118 e. The molecule has 1 aliphatic heterocycles. The molecule has 16 heavy (non-hydrogen) atoms. The Kier molecular flexibility index (Phi) is 1.81. The van der Waals surface area contributed by atoms with Crippen molar-refractivity contribution in [2.75, 3.05) is 13.7 Å². The van der Waals surface area contributed by atoms with Crippen LogP contribution in [0.2, 0.25) is 0 Å². The summed E-state index contributed by atoms with van der Waals surface area (Å²) in [5.74, 6) is 1.30. The number of benzene rings is 1. The fraction of sp³-hybridized carbons (Fsp3) is 0.385. The van der Waals surface area contributed by atoms with Crippen LogP contribution < -0.4 is 4.74 Å². The average Bonchev–Trinajstić information content (AvgIpc) is 2.96. The van der Waals surface area contributed by atoms with Crippen LogP contribution >= 0.6 is 0 Å². The lowest BCUT2D eigenvalue weighted by Gasteiger charge is -2.08. The van der Waals surface area contributed by atoms with E-state index < -0.39 is 0 Å².